The highest BCUT2D eigenvalue weighted by Crippen LogP contribution is 2.29. The quantitative estimate of drug-likeness (QED) is 0.421. The largest absolute Gasteiger partial charge is 0.497 e. The Morgan fingerprint density at radius 2 is 1.83 bits per heavy atom. The highest BCUT2D eigenvalue weighted by molar-refractivity contribution is 14.0. The molecule has 0 aliphatic heterocycles. The van der Waals surface area contributed by atoms with E-state index in [9.17, 15) is 0 Å². The van der Waals surface area contributed by atoms with Crippen molar-refractivity contribution in [2.45, 2.75) is 32.9 Å². The minimum Gasteiger partial charge on any atom is -0.497 e. The summed E-state index contributed by atoms with van der Waals surface area (Å²) < 4.78 is 5.18. The predicted octanol–water partition coefficient (Wildman–Crippen LogP) is 4.24. The normalized spacial score (nSPS) is 11.7. The van der Waals surface area contributed by atoms with Gasteiger partial charge in [0.2, 0.25) is 0 Å². The van der Waals surface area contributed by atoms with Gasteiger partial charge in [-0.3, -0.25) is 0 Å². The molecule has 0 fully saturated rings. The van der Waals surface area contributed by atoms with E-state index in [1.54, 1.807) is 18.4 Å². The molecular weight excluding hydrogens is 421 g/mol. The lowest BCUT2D eigenvalue weighted by atomic mass is 10.1. The van der Waals surface area contributed by atoms with Crippen molar-refractivity contribution < 1.29 is 4.74 Å². The first-order chi connectivity index (χ1) is 10.4. The first-order valence-corrected chi connectivity index (χ1v) is 8.00. The highest BCUT2D eigenvalue weighted by atomic mass is 127. The molecule has 0 radical (unpaired) electrons. The zero-order valence-electron chi connectivity index (χ0n) is 13.9. The third kappa shape index (κ3) is 6.39. The van der Waals surface area contributed by atoms with Gasteiger partial charge in [0.25, 0.3) is 0 Å². The Balaban J connectivity index is 0.00000264. The number of halogens is 1. The molecule has 1 aromatic heterocycles. The molecule has 126 valence electrons. The lowest BCUT2D eigenvalue weighted by Gasteiger charge is -2.20. The molecule has 6 heteroatoms. The van der Waals surface area contributed by atoms with Gasteiger partial charge < -0.3 is 15.8 Å². The topological polar surface area (TPSA) is 59.6 Å². The van der Waals surface area contributed by atoms with Crippen molar-refractivity contribution in [1.29, 1.82) is 0 Å². The first-order valence-electron chi connectivity index (χ1n) is 7.18. The van der Waals surface area contributed by atoms with Gasteiger partial charge in [-0.15, -0.1) is 35.3 Å². The maximum Gasteiger partial charge on any atom is 0.189 e. The molecule has 0 unspecified atom stereocenters. The van der Waals surface area contributed by atoms with Crippen LogP contribution in [-0.2, 0) is 6.54 Å². The number of rotatable bonds is 4. The molecule has 0 atom stereocenters. The molecule has 0 spiro atoms. The number of aliphatic imine (C=N–C) groups is 1. The summed E-state index contributed by atoms with van der Waals surface area (Å²) in [6.45, 7) is 6.77. The Bertz CT molecular complexity index is 645. The number of benzene rings is 1. The number of hydrogen-bond donors (Lipinski definition) is 2. The van der Waals surface area contributed by atoms with Crippen LogP contribution in [0.25, 0.3) is 10.4 Å². The van der Waals surface area contributed by atoms with Crippen LogP contribution in [0.3, 0.4) is 0 Å². The van der Waals surface area contributed by atoms with E-state index >= 15 is 0 Å². The smallest absolute Gasteiger partial charge is 0.189 e. The van der Waals surface area contributed by atoms with Crippen LogP contribution in [0.5, 0.6) is 5.75 Å². The Hall–Kier alpha value is -1.28. The summed E-state index contributed by atoms with van der Waals surface area (Å²) in [6.07, 6.45) is 0. The number of nitrogens with two attached hydrogens (primary N) is 1. The van der Waals surface area contributed by atoms with Crippen LogP contribution in [0.15, 0.2) is 41.4 Å². The molecule has 0 saturated heterocycles. The Morgan fingerprint density at radius 3 is 2.39 bits per heavy atom. The lowest BCUT2D eigenvalue weighted by molar-refractivity contribution is 0.415. The number of hydrogen-bond acceptors (Lipinski definition) is 3. The minimum absolute atomic E-state index is 0. The average molecular weight is 445 g/mol. The third-order valence-corrected chi connectivity index (χ3v) is 4.06. The van der Waals surface area contributed by atoms with Gasteiger partial charge in [0.1, 0.15) is 5.75 Å². The van der Waals surface area contributed by atoms with E-state index in [4.69, 9.17) is 10.5 Å². The van der Waals surface area contributed by atoms with E-state index in [1.165, 1.54) is 15.3 Å². The Morgan fingerprint density at radius 1 is 1.17 bits per heavy atom. The molecule has 1 aromatic carbocycles. The number of ether oxygens (including phenoxy) is 1. The second kappa shape index (κ2) is 8.54. The second-order valence-corrected chi connectivity index (χ2v) is 7.24. The highest BCUT2D eigenvalue weighted by Gasteiger charge is 2.10. The average Bonchev–Trinajstić information content (AvgIpc) is 2.92. The molecule has 4 nitrogen and oxygen atoms in total. The Kier molecular flexibility index (Phi) is 7.34. The second-order valence-electron chi connectivity index (χ2n) is 6.07. The predicted molar refractivity (Wildman–Crippen MR) is 110 cm³/mol. The zero-order valence-corrected chi connectivity index (χ0v) is 17.1. The summed E-state index contributed by atoms with van der Waals surface area (Å²) >= 11 is 1.73. The van der Waals surface area contributed by atoms with Crippen molar-refractivity contribution in [3.05, 3.63) is 41.3 Å². The van der Waals surface area contributed by atoms with Gasteiger partial charge in [-0.2, -0.15) is 0 Å². The van der Waals surface area contributed by atoms with Crippen molar-refractivity contribution in [1.82, 2.24) is 5.32 Å². The summed E-state index contributed by atoms with van der Waals surface area (Å²) in [4.78, 5) is 6.79. The van der Waals surface area contributed by atoms with E-state index in [1.807, 2.05) is 12.1 Å². The van der Waals surface area contributed by atoms with Crippen molar-refractivity contribution >= 4 is 41.3 Å². The van der Waals surface area contributed by atoms with E-state index in [0.29, 0.717) is 12.5 Å². The van der Waals surface area contributed by atoms with Gasteiger partial charge in [-0.05, 0) is 62.7 Å². The van der Waals surface area contributed by atoms with Crippen molar-refractivity contribution in [2.24, 2.45) is 10.7 Å². The van der Waals surface area contributed by atoms with Gasteiger partial charge in [0, 0.05) is 15.3 Å². The summed E-state index contributed by atoms with van der Waals surface area (Å²) in [5.74, 6) is 1.35. The fourth-order valence-electron chi connectivity index (χ4n) is 1.96. The molecule has 0 bridgehead atoms. The summed E-state index contributed by atoms with van der Waals surface area (Å²) in [5.41, 5.74) is 7.00. The van der Waals surface area contributed by atoms with Crippen LogP contribution in [0, 0.1) is 0 Å². The maximum atomic E-state index is 5.89. The Labute approximate surface area is 159 Å². The molecule has 0 aliphatic carbocycles. The van der Waals surface area contributed by atoms with Crippen LogP contribution in [-0.4, -0.2) is 18.6 Å². The SMILES string of the molecule is COc1ccc(-c2ccc(CN=C(N)NC(C)(C)C)s2)cc1.I. The van der Waals surface area contributed by atoms with Crippen molar-refractivity contribution in [3.8, 4) is 16.2 Å². The van der Waals surface area contributed by atoms with Crippen LogP contribution in [0.4, 0.5) is 0 Å². The van der Waals surface area contributed by atoms with Crippen LogP contribution < -0.4 is 15.8 Å². The summed E-state index contributed by atoms with van der Waals surface area (Å²) in [7, 11) is 1.67. The third-order valence-electron chi connectivity index (χ3n) is 2.94. The van der Waals surface area contributed by atoms with Gasteiger partial charge in [-0.1, -0.05) is 0 Å². The summed E-state index contributed by atoms with van der Waals surface area (Å²) in [6, 6.07) is 12.3. The molecule has 23 heavy (non-hydrogen) atoms. The van der Waals surface area contributed by atoms with Crippen molar-refractivity contribution in [2.75, 3.05) is 7.11 Å². The summed E-state index contributed by atoms with van der Waals surface area (Å²) in [5, 5.41) is 3.16. The number of nitrogens with one attached hydrogen (secondary N) is 1. The molecule has 2 aromatic rings. The molecule has 1 heterocycles. The van der Waals surface area contributed by atoms with Crippen molar-refractivity contribution in [3.63, 3.8) is 0 Å². The fourth-order valence-corrected chi connectivity index (χ4v) is 2.90. The monoisotopic (exact) mass is 445 g/mol. The fraction of sp³-hybridized carbons (Fsp3) is 0.353. The van der Waals surface area contributed by atoms with E-state index < -0.39 is 0 Å². The molecule has 3 N–H and O–H groups in total. The van der Waals surface area contributed by atoms with E-state index in [0.717, 1.165) is 5.75 Å². The molecule has 0 saturated carbocycles. The minimum atomic E-state index is -0.0721. The van der Waals surface area contributed by atoms with Gasteiger partial charge in [-0.25, -0.2) is 4.99 Å². The molecule has 2 rings (SSSR count). The molecular formula is C17H24IN3OS. The number of nitrogens with zero attached hydrogens (tertiary/aromatic N) is 1. The van der Waals surface area contributed by atoms with Gasteiger partial charge in [0.15, 0.2) is 5.96 Å². The van der Waals surface area contributed by atoms with E-state index in [2.05, 4.69) is 55.3 Å². The van der Waals surface area contributed by atoms with Gasteiger partial charge >= 0.3 is 0 Å². The van der Waals surface area contributed by atoms with Gasteiger partial charge in [0.05, 0.1) is 13.7 Å². The number of methoxy groups -OCH3 is 1. The number of guanidine groups is 1. The number of thiophene rings is 1. The molecule has 0 aliphatic rings. The van der Waals surface area contributed by atoms with Crippen LogP contribution in [0.1, 0.15) is 25.6 Å². The maximum absolute atomic E-state index is 5.89. The first kappa shape index (κ1) is 19.8. The molecule has 0 amide bonds. The standard InChI is InChI=1S/C17H23N3OS.HI/c1-17(2,3)20-16(18)19-11-14-9-10-15(22-14)12-5-7-13(21-4)8-6-12;/h5-10H,11H2,1-4H3,(H3,18,19,20);1H. The zero-order chi connectivity index (χ0) is 16.2. The van der Waals surface area contributed by atoms with Crippen LogP contribution in [0.2, 0.25) is 0 Å². The van der Waals surface area contributed by atoms with Crippen LogP contribution >= 0.6 is 35.3 Å². The van der Waals surface area contributed by atoms with E-state index in [-0.39, 0.29) is 29.5 Å². The lowest BCUT2D eigenvalue weighted by Crippen LogP contribution is -2.44.